The smallest absolute Gasteiger partial charge is 0.151 e. The summed E-state index contributed by atoms with van der Waals surface area (Å²) in [5.41, 5.74) is 0.687. The second kappa shape index (κ2) is 5.82. The topological polar surface area (TPSA) is 46.2 Å². The van der Waals surface area contributed by atoms with Crippen molar-refractivity contribution in [2.45, 2.75) is 38.1 Å². The van der Waals surface area contributed by atoms with Crippen molar-refractivity contribution < 1.29 is 12.8 Å². The van der Waals surface area contributed by atoms with Crippen molar-refractivity contribution in [3.8, 4) is 0 Å². The van der Waals surface area contributed by atoms with Crippen molar-refractivity contribution in [1.82, 2.24) is 5.32 Å². The molecule has 1 heterocycles. The van der Waals surface area contributed by atoms with Crippen molar-refractivity contribution in [1.29, 1.82) is 0 Å². The van der Waals surface area contributed by atoms with Crippen molar-refractivity contribution in [3.63, 3.8) is 0 Å². The Bertz CT molecular complexity index is 569. The number of rotatable bonds is 4. The summed E-state index contributed by atoms with van der Waals surface area (Å²) in [4.78, 5) is 0. The summed E-state index contributed by atoms with van der Waals surface area (Å²) in [6.07, 6.45) is 1.61. The number of benzene rings is 1. The zero-order valence-corrected chi connectivity index (χ0v) is 12.8. The lowest BCUT2D eigenvalue weighted by molar-refractivity contribution is 0.407. The van der Waals surface area contributed by atoms with Crippen molar-refractivity contribution >= 4 is 9.84 Å². The molecular formula is C15H22FNO2S. The van der Waals surface area contributed by atoms with Gasteiger partial charge in [0.05, 0.1) is 11.5 Å². The minimum Gasteiger partial charge on any atom is -0.312 e. The predicted molar refractivity (Wildman–Crippen MR) is 79.1 cm³/mol. The summed E-state index contributed by atoms with van der Waals surface area (Å²) in [7, 11) is -2.89. The summed E-state index contributed by atoms with van der Waals surface area (Å²) in [6.45, 7) is 4.70. The van der Waals surface area contributed by atoms with Crippen LogP contribution in [0.4, 0.5) is 4.39 Å². The second-order valence-electron chi connectivity index (χ2n) is 6.23. The molecule has 1 unspecified atom stereocenters. The molecule has 2 rings (SSSR count). The van der Waals surface area contributed by atoms with Crippen LogP contribution < -0.4 is 5.32 Å². The van der Waals surface area contributed by atoms with Gasteiger partial charge in [0.25, 0.3) is 0 Å². The predicted octanol–water partition coefficient (Wildman–Crippen LogP) is 2.27. The Hall–Kier alpha value is -0.940. The maximum atomic E-state index is 13.3. The molecule has 1 aromatic carbocycles. The largest absolute Gasteiger partial charge is 0.312 e. The van der Waals surface area contributed by atoms with Crippen LogP contribution in [0.3, 0.4) is 0 Å². The van der Waals surface area contributed by atoms with Crippen LogP contribution in [0.25, 0.3) is 0 Å². The van der Waals surface area contributed by atoms with Gasteiger partial charge in [-0.15, -0.1) is 0 Å². The third kappa shape index (κ3) is 4.03. The third-order valence-electron chi connectivity index (χ3n) is 3.90. The molecule has 0 amide bonds. The number of nitrogens with one attached hydrogen (secondary N) is 1. The zero-order chi connectivity index (χ0) is 14.8. The van der Waals surface area contributed by atoms with E-state index >= 15 is 0 Å². The van der Waals surface area contributed by atoms with Gasteiger partial charge in [-0.25, -0.2) is 12.8 Å². The van der Waals surface area contributed by atoms with E-state index in [-0.39, 0.29) is 23.0 Å². The first-order chi connectivity index (χ1) is 9.28. The third-order valence-corrected chi connectivity index (χ3v) is 5.72. The molecular weight excluding hydrogens is 277 g/mol. The molecule has 1 fully saturated rings. The Labute approximate surface area is 120 Å². The molecule has 112 valence electrons. The van der Waals surface area contributed by atoms with E-state index in [2.05, 4.69) is 5.32 Å². The molecule has 1 aliphatic rings. The minimum atomic E-state index is -2.89. The monoisotopic (exact) mass is 299 g/mol. The Morgan fingerprint density at radius 1 is 1.40 bits per heavy atom. The fourth-order valence-electron chi connectivity index (χ4n) is 2.59. The molecule has 0 aliphatic carbocycles. The van der Waals surface area contributed by atoms with Gasteiger partial charge in [-0.05, 0) is 30.5 Å². The van der Waals surface area contributed by atoms with E-state index in [0.717, 1.165) is 18.4 Å². The first-order valence-corrected chi connectivity index (χ1v) is 8.80. The van der Waals surface area contributed by atoms with E-state index in [9.17, 15) is 12.8 Å². The summed E-state index contributed by atoms with van der Waals surface area (Å²) in [6, 6.07) is 6.60. The van der Waals surface area contributed by atoms with E-state index in [1.165, 1.54) is 6.07 Å². The second-order valence-corrected chi connectivity index (χ2v) is 8.46. The van der Waals surface area contributed by atoms with Crippen LogP contribution in [0.15, 0.2) is 24.3 Å². The van der Waals surface area contributed by atoms with E-state index in [1.54, 1.807) is 12.1 Å². The lowest BCUT2D eigenvalue weighted by atomic mass is 9.84. The molecule has 0 spiro atoms. The van der Waals surface area contributed by atoms with Crippen LogP contribution in [0.1, 0.15) is 32.3 Å². The highest BCUT2D eigenvalue weighted by Gasteiger charge is 2.27. The van der Waals surface area contributed by atoms with Gasteiger partial charge in [0, 0.05) is 18.0 Å². The van der Waals surface area contributed by atoms with Crippen LogP contribution in [0.5, 0.6) is 0 Å². The van der Waals surface area contributed by atoms with Gasteiger partial charge in [0.1, 0.15) is 5.82 Å². The van der Waals surface area contributed by atoms with Crippen molar-refractivity contribution in [2.75, 3.05) is 18.1 Å². The summed E-state index contributed by atoms with van der Waals surface area (Å²) < 4.78 is 36.5. The molecule has 0 aromatic heterocycles. The molecule has 1 aliphatic heterocycles. The van der Waals surface area contributed by atoms with Gasteiger partial charge in [0.15, 0.2) is 9.84 Å². The number of hydrogen-bond acceptors (Lipinski definition) is 3. The van der Waals surface area contributed by atoms with Crippen LogP contribution in [-0.4, -0.2) is 32.5 Å². The van der Waals surface area contributed by atoms with Crippen molar-refractivity contribution in [2.24, 2.45) is 0 Å². The molecule has 20 heavy (non-hydrogen) atoms. The van der Waals surface area contributed by atoms with Gasteiger partial charge in [0.2, 0.25) is 0 Å². The average molecular weight is 299 g/mol. The summed E-state index contributed by atoms with van der Waals surface area (Å²) in [5.74, 6) is 0.279. The normalized spacial score (nSPS) is 22.6. The lowest BCUT2D eigenvalue weighted by Gasteiger charge is -2.30. The summed E-state index contributed by atoms with van der Waals surface area (Å²) in [5, 5.41) is 3.33. The molecule has 5 heteroatoms. The average Bonchev–Trinajstić information content (AvgIpc) is 2.35. The Morgan fingerprint density at radius 2 is 2.15 bits per heavy atom. The van der Waals surface area contributed by atoms with E-state index in [1.807, 2.05) is 19.9 Å². The van der Waals surface area contributed by atoms with Crippen LogP contribution in [-0.2, 0) is 15.3 Å². The highest BCUT2D eigenvalue weighted by molar-refractivity contribution is 7.91. The number of halogens is 1. The number of sulfone groups is 1. The van der Waals surface area contributed by atoms with Crippen LogP contribution in [0, 0.1) is 5.82 Å². The van der Waals surface area contributed by atoms with E-state index < -0.39 is 9.84 Å². The van der Waals surface area contributed by atoms with Gasteiger partial charge < -0.3 is 5.32 Å². The Morgan fingerprint density at radius 3 is 2.80 bits per heavy atom. The molecule has 1 N–H and O–H groups in total. The Kier molecular flexibility index (Phi) is 4.49. The first-order valence-electron chi connectivity index (χ1n) is 6.98. The molecule has 0 radical (unpaired) electrons. The van der Waals surface area contributed by atoms with Gasteiger partial charge in [-0.3, -0.25) is 0 Å². The molecule has 3 nitrogen and oxygen atoms in total. The summed E-state index contributed by atoms with van der Waals surface area (Å²) >= 11 is 0. The minimum absolute atomic E-state index is 0.0154. The zero-order valence-electron chi connectivity index (χ0n) is 12.0. The fraction of sp³-hybridized carbons (Fsp3) is 0.600. The van der Waals surface area contributed by atoms with Gasteiger partial charge in [-0.2, -0.15) is 0 Å². The van der Waals surface area contributed by atoms with E-state index in [4.69, 9.17) is 0 Å². The molecule has 0 bridgehead atoms. The lowest BCUT2D eigenvalue weighted by Crippen LogP contribution is -2.45. The van der Waals surface area contributed by atoms with Crippen LogP contribution >= 0.6 is 0 Å². The van der Waals surface area contributed by atoms with Crippen molar-refractivity contribution in [3.05, 3.63) is 35.6 Å². The fourth-order valence-corrected chi connectivity index (χ4v) is 4.27. The maximum absolute atomic E-state index is 13.3. The maximum Gasteiger partial charge on any atom is 0.151 e. The highest BCUT2D eigenvalue weighted by Crippen LogP contribution is 2.23. The SMILES string of the molecule is CC(C)(CNC1CCCS(=O)(=O)C1)c1cccc(F)c1. The first kappa shape index (κ1) is 15.4. The quantitative estimate of drug-likeness (QED) is 0.927. The van der Waals surface area contributed by atoms with E-state index in [0.29, 0.717) is 12.3 Å². The van der Waals surface area contributed by atoms with Crippen LogP contribution in [0.2, 0.25) is 0 Å². The molecule has 1 atom stereocenters. The molecule has 1 aromatic rings. The van der Waals surface area contributed by atoms with Gasteiger partial charge in [-0.1, -0.05) is 26.0 Å². The standard InChI is InChI=1S/C15H22FNO2S/c1-15(2,12-5-3-6-13(16)9-12)11-17-14-7-4-8-20(18,19)10-14/h3,5-6,9,14,17H,4,7-8,10-11H2,1-2H3. The Balaban J connectivity index is 1.99. The van der Waals surface area contributed by atoms with Gasteiger partial charge >= 0.3 is 0 Å². The molecule has 1 saturated heterocycles. The molecule has 0 saturated carbocycles. The number of hydrogen-bond donors (Lipinski definition) is 1. The highest BCUT2D eigenvalue weighted by atomic mass is 32.2.